The Bertz CT molecular complexity index is 676. The molecular weight excluding hydrogens is 339 g/mol. The lowest BCUT2D eigenvalue weighted by Crippen LogP contribution is -2.36. The van der Waals surface area contributed by atoms with Gasteiger partial charge in [0.15, 0.2) is 0 Å². The Kier molecular flexibility index (Phi) is 7.44. The molecule has 0 fully saturated rings. The molecule has 0 amide bonds. The maximum Gasteiger partial charge on any atom is 0.355 e. The van der Waals surface area contributed by atoms with Crippen molar-refractivity contribution in [2.75, 3.05) is 13.2 Å². The first-order valence-corrected chi connectivity index (χ1v) is 10.2. The molecule has 7 nitrogen and oxygen atoms in total. The number of benzene rings is 1. The minimum atomic E-state index is -3.73. The molecule has 0 saturated heterocycles. The van der Waals surface area contributed by atoms with Gasteiger partial charge in [0.25, 0.3) is 10.0 Å². The SMILES string of the molecule is CCOP(=O)(C=C(C)NNS(=O)(=O)c1ccc(C)cc1)OCC. The van der Waals surface area contributed by atoms with Crippen LogP contribution in [-0.2, 0) is 23.6 Å². The first kappa shape index (κ1) is 19.9. The van der Waals surface area contributed by atoms with Crippen molar-refractivity contribution in [1.82, 2.24) is 10.3 Å². The van der Waals surface area contributed by atoms with E-state index in [2.05, 4.69) is 10.3 Å². The second-order valence-electron chi connectivity index (χ2n) is 4.73. The van der Waals surface area contributed by atoms with Crippen LogP contribution in [0.5, 0.6) is 0 Å². The molecule has 23 heavy (non-hydrogen) atoms. The molecule has 0 atom stereocenters. The van der Waals surface area contributed by atoms with E-state index in [0.717, 1.165) is 5.56 Å². The van der Waals surface area contributed by atoms with Gasteiger partial charge < -0.3 is 14.5 Å². The highest BCUT2D eigenvalue weighted by atomic mass is 32.2. The lowest BCUT2D eigenvalue weighted by molar-refractivity contribution is 0.228. The average Bonchev–Trinajstić information content (AvgIpc) is 2.46. The van der Waals surface area contributed by atoms with Gasteiger partial charge >= 0.3 is 7.60 Å². The third-order valence-electron chi connectivity index (χ3n) is 2.68. The highest BCUT2D eigenvalue weighted by Gasteiger charge is 2.21. The molecule has 130 valence electrons. The van der Waals surface area contributed by atoms with Crippen LogP contribution >= 0.6 is 7.60 Å². The van der Waals surface area contributed by atoms with Crippen molar-refractivity contribution in [3.8, 4) is 0 Å². The smallest absolute Gasteiger partial charge is 0.312 e. The topological polar surface area (TPSA) is 93.7 Å². The predicted octanol–water partition coefficient (Wildman–Crippen LogP) is 2.91. The van der Waals surface area contributed by atoms with Crippen molar-refractivity contribution in [3.63, 3.8) is 0 Å². The molecule has 0 aromatic heterocycles. The van der Waals surface area contributed by atoms with Gasteiger partial charge in [-0.25, -0.2) is 8.42 Å². The molecule has 0 aliphatic heterocycles. The molecule has 0 spiro atoms. The Hall–Kier alpha value is -1.18. The van der Waals surface area contributed by atoms with Crippen molar-refractivity contribution in [2.24, 2.45) is 0 Å². The fraction of sp³-hybridized carbons (Fsp3) is 0.429. The molecule has 1 aromatic carbocycles. The van der Waals surface area contributed by atoms with Crippen molar-refractivity contribution < 1.29 is 22.0 Å². The first-order chi connectivity index (χ1) is 10.7. The zero-order valence-corrected chi connectivity index (χ0v) is 15.4. The van der Waals surface area contributed by atoms with Crippen LogP contribution in [0.2, 0.25) is 0 Å². The Morgan fingerprint density at radius 3 is 2.17 bits per heavy atom. The zero-order chi connectivity index (χ0) is 17.5. The summed E-state index contributed by atoms with van der Waals surface area (Å²) in [5, 5.41) is 0. The quantitative estimate of drug-likeness (QED) is 0.518. The van der Waals surface area contributed by atoms with Crippen LogP contribution < -0.4 is 10.3 Å². The standard InChI is InChI=1S/C14H23N2O5PS/c1-5-20-22(17,21-6-2)11-13(4)15-16-23(18,19)14-9-7-12(3)8-10-14/h7-11,15-16H,5-6H2,1-4H3. The van der Waals surface area contributed by atoms with E-state index in [-0.39, 0.29) is 18.1 Å². The van der Waals surface area contributed by atoms with E-state index in [0.29, 0.717) is 5.70 Å². The molecule has 2 N–H and O–H groups in total. The summed E-state index contributed by atoms with van der Waals surface area (Å²) >= 11 is 0. The maximum atomic E-state index is 12.3. The summed E-state index contributed by atoms with van der Waals surface area (Å²) in [6.07, 6.45) is 0. The fourth-order valence-corrected chi connectivity index (χ4v) is 4.06. The summed E-state index contributed by atoms with van der Waals surface area (Å²) in [5.74, 6) is 1.25. The van der Waals surface area contributed by atoms with E-state index in [9.17, 15) is 13.0 Å². The highest BCUT2D eigenvalue weighted by molar-refractivity contribution is 7.89. The molecule has 0 heterocycles. The van der Waals surface area contributed by atoms with Gasteiger partial charge in [0.2, 0.25) is 0 Å². The van der Waals surface area contributed by atoms with Gasteiger partial charge in [0.1, 0.15) is 0 Å². The number of nitrogens with one attached hydrogen (secondary N) is 2. The summed E-state index contributed by atoms with van der Waals surface area (Å²) in [7, 11) is -7.12. The van der Waals surface area contributed by atoms with E-state index < -0.39 is 17.6 Å². The number of sulfonamides is 1. The molecule has 0 aliphatic rings. The molecule has 9 heteroatoms. The molecule has 0 unspecified atom stereocenters. The lowest BCUT2D eigenvalue weighted by atomic mass is 10.2. The van der Waals surface area contributed by atoms with Crippen LogP contribution in [0.15, 0.2) is 40.7 Å². The van der Waals surface area contributed by atoms with Crippen LogP contribution in [0, 0.1) is 6.92 Å². The minimum Gasteiger partial charge on any atom is -0.312 e. The first-order valence-electron chi connectivity index (χ1n) is 7.15. The zero-order valence-electron chi connectivity index (χ0n) is 13.7. The van der Waals surface area contributed by atoms with E-state index >= 15 is 0 Å². The van der Waals surface area contributed by atoms with Gasteiger partial charge in [-0.1, -0.05) is 17.7 Å². The molecule has 1 rings (SSSR count). The summed E-state index contributed by atoms with van der Waals surface area (Å²) < 4.78 is 46.8. The molecule has 1 aromatic rings. The second-order valence-corrected chi connectivity index (χ2v) is 8.27. The third-order valence-corrected chi connectivity index (χ3v) is 5.89. The van der Waals surface area contributed by atoms with Gasteiger partial charge in [-0.3, -0.25) is 4.57 Å². The van der Waals surface area contributed by atoms with Crippen LogP contribution in [0.25, 0.3) is 0 Å². The Morgan fingerprint density at radius 1 is 1.17 bits per heavy atom. The number of hydrogen-bond donors (Lipinski definition) is 2. The average molecular weight is 362 g/mol. The van der Waals surface area contributed by atoms with E-state index in [4.69, 9.17) is 9.05 Å². The maximum absolute atomic E-state index is 12.3. The molecule has 0 saturated carbocycles. The van der Waals surface area contributed by atoms with Crippen molar-refractivity contribution in [2.45, 2.75) is 32.6 Å². The summed E-state index contributed by atoms with van der Waals surface area (Å²) in [6.45, 7) is 7.26. The molecule has 0 radical (unpaired) electrons. The van der Waals surface area contributed by atoms with Gasteiger partial charge in [-0.05, 0) is 39.8 Å². The Morgan fingerprint density at radius 2 is 1.70 bits per heavy atom. The van der Waals surface area contributed by atoms with Crippen LogP contribution in [0.1, 0.15) is 26.3 Å². The van der Waals surface area contributed by atoms with E-state index in [1.54, 1.807) is 32.9 Å². The van der Waals surface area contributed by atoms with Gasteiger partial charge in [-0.15, -0.1) is 4.83 Å². The van der Waals surface area contributed by atoms with Crippen LogP contribution in [-0.4, -0.2) is 21.6 Å². The Labute approximate surface area is 137 Å². The van der Waals surface area contributed by atoms with Gasteiger partial charge in [0.05, 0.1) is 18.1 Å². The summed E-state index contributed by atoms with van der Waals surface area (Å²) in [5.41, 5.74) is 3.77. The summed E-state index contributed by atoms with van der Waals surface area (Å²) in [4.78, 5) is 2.35. The Balaban J connectivity index is 2.81. The third kappa shape index (κ3) is 6.45. The number of hydrogen-bond acceptors (Lipinski definition) is 6. The lowest BCUT2D eigenvalue weighted by Gasteiger charge is -2.15. The molecule has 0 aliphatic carbocycles. The number of rotatable bonds is 9. The molecule has 0 bridgehead atoms. The van der Waals surface area contributed by atoms with Crippen LogP contribution in [0.3, 0.4) is 0 Å². The van der Waals surface area contributed by atoms with Crippen molar-refractivity contribution >= 4 is 17.6 Å². The predicted molar refractivity (Wildman–Crippen MR) is 89.3 cm³/mol. The largest absolute Gasteiger partial charge is 0.355 e. The second kappa shape index (κ2) is 8.61. The van der Waals surface area contributed by atoms with E-state index in [1.165, 1.54) is 17.9 Å². The van der Waals surface area contributed by atoms with Gasteiger partial charge in [0, 0.05) is 11.5 Å². The summed E-state index contributed by atoms with van der Waals surface area (Å²) in [6, 6.07) is 6.42. The molecular formula is C14H23N2O5PS. The van der Waals surface area contributed by atoms with Crippen LogP contribution in [0.4, 0.5) is 0 Å². The van der Waals surface area contributed by atoms with Crippen molar-refractivity contribution in [3.05, 3.63) is 41.3 Å². The minimum absolute atomic E-state index is 0.126. The number of hydrazine groups is 1. The highest BCUT2D eigenvalue weighted by Crippen LogP contribution is 2.50. The number of allylic oxidation sites excluding steroid dienone is 1. The van der Waals surface area contributed by atoms with Crippen molar-refractivity contribution in [1.29, 1.82) is 0 Å². The monoisotopic (exact) mass is 362 g/mol. The van der Waals surface area contributed by atoms with E-state index in [1.807, 2.05) is 6.92 Å². The fourth-order valence-electron chi connectivity index (χ4n) is 1.67. The van der Waals surface area contributed by atoms with Gasteiger partial charge in [-0.2, -0.15) is 0 Å². The number of aryl methyl sites for hydroxylation is 1. The normalized spacial score (nSPS) is 13.1.